The van der Waals surface area contributed by atoms with Crippen molar-refractivity contribution in [2.45, 2.75) is 33.2 Å². The van der Waals surface area contributed by atoms with Gasteiger partial charge in [-0.2, -0.15) is 0 Å². The first kappa shape index (κ1) is 15.5. The molecular formula is C18H22N2S. The van der Waals surface area contributed by atoms with Gasteiger partial charge in [-0.05, 0) is 35.6 Å². The molecule has 0 atom stereocenters. The van der Waals surface area contributed by atoms with E-state index in [1.807, 2.05) is 12.1 Å². The Morgan fingerprint density at radius 1 is 1.14 bits per heavy atom. The zero-order chi connectivity index (χ0) is 15.4. The van der Waals surface area contributed by atoms with Crippen LogP contribution in [0.3, 0.4) is 0 Å². The molecule has 0 radical (unpaired) electrons. The molecule has 0 fully saturated rings. The van der Waals surface area contributed by atoms with Gasteiger partial charge in [-0.1, -0.05) is 62.5 Å². The van der Waals surface area contributed by atoms with Crippen LogP contribution >= 0.6 is 12.2 Å². The third-order valence-corrected chi connectivity index (χ3v) is 3.87. The lowest BCUT2D eigenvalue weighted by Crippen LogP contribution is -2.14. The molecule has 0 unspecified atom stereocenters. The SMILES string of the molecule is Cc1cccc(C(N)=S)c1NCc1ccc(C(C)C)cc1. The van der Waals surface area contributed by atoms with Gasteiger partial charge in [-0.15, -0.1) is 0 Å². The van der Waals surface area contributed by atoms with Gasteiger partial charge in [-0.3, -0.25) is 0 Å². The van der Waals surface area contributed by atoms with Crippen LogP contribution in [0.2, 0.25) is 0 Å². The molecule has 0 aromatic heterocycles. The standard InChI is InChI=1S/C18H22N2S/c1-12(2)15-9-7-14(8-10-15)11-20-17-13(3)5-4-6-16(17)18(19)21/h4-10,12,20H,11H2,1-3H3,(H2,19,21). The molecule has 0 heterocycles. The third kappa shape index (κ3) is 3.82. The van der Waals surface area contributed by atoms with E-state index in [0.29, 0.717) is 10.9 Å². The van der Waals surface area contributed by atoms with Crippen molar-refractivity contribution in [2.75, 3.05) is 5.32 Å². The average Bonchev–Trinajstić information content (AvgIpc) is 2.46. The molecule has 2 aromatic rings. The Balaban J connectivity index is 2.15. The fourth-order valence-corrected chi connectivity index (χ4v) is 2.49. The van der Waals surface area contributed by atoms with Crippen molar-refractivity contribution >= 4 is 22.9 Å². The quantitative estimate of drug-likeness (QED) is 0.805. The summed E-state index contributed by atoms with van der Waals surface area (Å²) in [6.45, 7) is 7.23. The maximum Gasteiger partial charge on any atom is 0.106 e. The minimum absolute atomic E-state index is 0.427. The van der Waals surface area contributed by atoms with Crippen molar-refractivity contribution in [3.63, 3.8) is 0 Å². The topological polar surface area (TPSA) is 38.0 Å². The number of thiocarbonyl (C=S) groups is 1. The van der Waals surface area contributed by atoms with Crippen molar-refractivity contribution in [2.24, 2.45) is 5.73 Å². The smallest absolute Gasteiger partial charge is 0.106 e. The van der Waals surface area contributed by atoms with E-state index in [-0.39, 0.29) is 0 Å². The average molecular weight is 298 g/mol. The number of nitrogens with one attached hydrogen (secondary N) is 1. The van der Waals surface area contributed by atoms with Gasteiger partial charge >= 0.3 is 0 Å². The molecule has 21 heavy (non-hydrogen) atoms. The number of rotatable bonds is 5. The predicted octanol–water partition coefficient (Wildman–Crippen LogP) is 4.36. The van der Waals surface area contributed by atoms with Crippen LogP contribution in [0.1, 0.15) is 42.0 Å². The molecule has 0 aliphatic heterocycles. The second kappa shape index (κ2) is 6.72. The van der Waals surface area contributed by atoms with Crippen molar-refractivity contribution in [1.29, 1.82) is 0 Å². The maximum atomic E-state index is 5.80. The third-order valence-electron chi connectivity index (χ3n) is 3.65. The van der Waals surface area contributed by atoms with Crippen molar-refractivity contribution < 1.29 is 0 Å². The van der Waals surface area contributed by atoms with E-state index in [0.717, 1.165) is 23.4 Å². The zero-order valence-electron chi connectivity index (χ0n) is 12.8. The number of hydrogen-bond acceptors (Lipinski definition) is 2. The monoisotopic (exact) mass is 298 g/mol. The van der Waals surface area contributed by atoms with E-state index in [1.54, 1.807) is 0 Å². The van der Waals surface area contributed by atoms with Crippen LogP contribution in [-0.2, 0) is 6.54 Å². The minimum Gasteiger partial charge on any atom is -0.389 e. The molecule has 0 amide bonds. The Labute approximate surface area is 132 Å². The molecule has 2 aromatic carbocycles. The summed E-state index contributed by atoms with van der Waals surface area (Å²) < 4.78 is 0. The minimum atomic E-state index is 0.427. The first-order valence-electron chi connectivity index (χ1n) is 7.21. The second-order valence-electron chi connectivity index (χ2n) is 5.61. The first-order chi connectivity index (χ1) is 9.99. The van der Waals surface area contributed by atoms with Gasteiger partial charge in [0.15, 0.2) is 0 Å². The van der Waals surface area contributed by atoms with Crippen LogP contribution in [0.15, 0.2) is 42.5 Å². The Hall–Kier alpha value is -1.87. The molecule has 0 aliphatic carbocycles. The highest BCUT2D eigenvalue weighted by atomic mass is 32.1. The first-order valence-corrected chi connectivity index (χ1v) is 7.62. The number of aryl methyl sites for hydroxylation is 1. The molecule has 0 saturated carbocycles. The second-order valence-corrected chi connectivity index (χ2v) is 6.05. The number of anilines is 1. The largest absolute Gasteiger partial charge is 0.389 e. The van der Waals surface area contributed by atoms with Gasteiger partial charge in [0.1, 0.15) is 4.99 Å². The molecule has 0 aliphatic rings. The summed E-state index contributed by atoms with van der Waals surface area (Å²) >= 11 is 5.12. The molecule has 3 heteroatoms. The van der Waals surface area contributed by atoms with Crippen molar-refractivity contribution in [1.82, 2.24) is 0 Å². The highest BCUT2D eigenvalue weighted by Gasteiger charge is 2.07. The van der Waals surface area contributed by atoms with Gasteiger partial charge in [0.05, 0.1) is 0 Å². The van der Waals surface area contributed by atoms with Gasteiger partial charge in [0.2, 0.25) is 0 Å². The van der Waals surface area contributed by atoms with Crippen molar-refractivity contribution in [3.05, 3.63) is 64.7 Å². The Bertz CT molecular complexity index is 630. The molecule has 0 saturated heterocycles. The van der Waals surface area contributed by atoms with Crippen LogP contribution in [0, 0.1) is 6.92 Å². The summed E-state index contributed by atoms with van der Waals surface area (Å²) in [6, 6.07) is 14.7. The van der Waals surface area contributed by atoms with Gasteiger partial charge in [0.25, 0.3) is 0 Å². The van der Waals surface area contributed by atoms with Crippen LogP contribution in [0.4, 0.5) is 5.69 Å². The van der Waals surface area contributed by atoms with Crippen LogP contribution in [0.25, 0.3) is 0 Å². The van der Waals surface area contributed by atoms with Crippen LogP contribution in [0.5, 0.6) is 0 Å². The molecule has 2 nitrogen and oxygen atoms in total. The lowest BCUT2D eigenvalue weighted by molar-refractivity contribution is 0.865. The molecular weight excluding hydrogens is 276 g/mol. The van der Waals surface area contributed by atoms with Gasteiger partial charge in [0, 0.05) is 17.8 Å². The summed E-state index contributed by atoms with van der Waals surface area (Å²) in [5.41, 5.74) is 11.5. The van der Waals surface area contributed by atoms with Gasteiger partial charge in [-0.25, -0.2) is 0 Å². The van der Waals surface area contributed by atoms with E-state index < -0.39 is 0 Å². The highest BCUT2D eigenvalue weighted by Crippen LogP contribution is 2.22. The van der Waals surface area contributed by atoms with E-state index in [2.05, 4.69) is 56.4 Å². The molecule has 2 rings (SSSR count). The molecule has 110 valence electrons. The lowest BCUT2D eigenvalue weighted by atomic mass is 10.0. The highest BCUT2D eigenvalue weighted by molar-refractivity contribution is 7.80. The Morgan fingerprint density at radius 3 is 2.38 bits per heavy atom. The molecule has 0 bridgehead atoms. The maximum absolute atomic E-state index is 5.80. The Kier molecular flexibility index (Phi) is 4.97. The summed E-state index contributed by atoms with van der Waals surface area (Å²) in [5.74, 6) is 0.560. The summed E-state index contributed by atoms with van der Waals surface area (Å²) in [4.78, 5) is 0.427. The van der Waals surface area contributed by atoms with Gasteiger partial charge < -0.3 is 11.1 Å². The van der Waals surface area contributed by atoms with Crippen molar-refractivity contribution in [3.8, 4) is 0 Å². The fraction of sp³-hybridized carbons (Fsp3) is 0.278. The van der Waals surface area contributed by atoms with Crippen LogP contribution < -0.4 is 11.1 Å². The Morgan fingerprint density at radius 2 is 1.81 bits per heavy atom. The zero-order valence-corrected chi connectivity index (χ0v) is 13.6. The predicted molar refractivity (Wildman–Crippen MR) is 94.9 cm³/mol. The van der Waals surface area contributed by atoms with E-state index in [1.165, 1.54) is 11.1 Å². The van der Waals surface area contributed by atoms with Crippen LogP contribution in [-0.4, -0.2) is 4.99 Å². The molecule has 0 spiro atoms. The number of nitrogens with two attached hydrogens (primary N) is 1. The number of hydrogen-bond donors (Lipinski definition) is 2. The summed E-state index contributed by atoms with van der Waals surface area (Å²) in [7, 11) is 0. The molecule has 3 N–H and O–H groups in total. The fourth-order valence-electron chi connectivity index (χ4n) is 2.32. The van der Waals surface area contributed by atoms with E-state index in [4.69, 9.17) is 18.0 Å². The lowest BCUT2D eigenvalue weighted by Gasteiger charge is -2.14. The number of benzene rings is 2. The summed E-state index contributed by atoms with van der Waals surface area (Å²) in [5, 5.41) is 3.46. The normalized spacial score (nSPS) is 10.7. The summed E-state index contributed by atoms with van der Waals surface area (Å²) in [6.07, 6.45) is 0. The van der Waals surface area contributed by atoms with E-state index >= 15 is 0 Å². The van der Waals surface area contributed by atoms with E-state index in [9.17, 15) is 0 Å². The number of para-hydroxylation sites is 1.